The first-order chi connectivity index (χ1) is 13.6. The lowest BCUT2D eigenvalue weighted by molar-refractivity contribution is 0.0615. The van der Waals surface area contributed by atoms with Crippen molar-refractivity contribution in [3.8, 4) is 11.4 Å². The number of hydrogen-bond acceptors (Lipinski definition) is 5. The summed E-state index contributed by atoms with van der Waals surface area (Å²) >= 11 is 12.1. The Morgan fingerprint density at radius 1 is 1.00 bits per heavy atom. The Hall–Kier alpha value is -2.41. The number of nitrogens with zero attached hydrogens (tertiary/aromatic N) is 4. The second kappa shape index (κ2) is 8.31. The fourth-order valence-electron chi connectivity index (χ4n) is 3.14. The number of rotatable bonds is 4. The molecule has 0 saturated carbocycles. The highest BCUT2D eigenvalue weighted by atomic mass is 35.5. The number of piperazine rings is 1. The lowest BCUT2D eigenvalue weighted by atomic mass is 10.2. The third kappa shape index (κ3) is 4.19. The van der Waals surface area contributed by atoms with Crippen LogP contribution in [0.4, 0.5) is 0 Å². The van der Waals surface area contributed by atoms with Crippen molar-refractivity contribution in [2.75, 3.05) is 26.2 Å². The molecule has 1 saturated heterocycles. The predicted molar refractivity (Wildman–Crippen MR) is 107 cm³/mol. The normalized spacial score (nSPS) is 15.0. The summed E-state index contributed by atoms with van der Waals surface area (Å²) in [6, 6.07) is 14.4. The molecular formula is C20H18Cl2N4O2. The average molecular weight is 417 g/mol. The van der Waals surface area contributed by atoms with Crippen molar-refractivity contribution in [1.82, 2.24) is 19.9 Å². The summed E-state index contributed by atoms with van der Waals surface area (Å²) in [6.07, 6.45) is 0. The Balaban J connectivity index is 1.34. The zero-order valence-electron chi connectivity index (χ0n) is 15.0. The van der Waals surface area contributed by atoms with E-state index in [-0.39, 0.29) is 5.91 Å². The molecule has 4 rings (SSSR count). The van der Waals surface area contributed by atoms with Gasteiger partial charge in [0.2, 0.25) is 11.7 Å². The molecule has 2 heterocycles. The largest absolute Gasteiger partial charge is 0.338 e. The lowest BCUT2D eigenvalue weighted by Gasteiger charge is -2.34. The van der Waals surface area contributed by atoms with Crippen molar-refractivity contribution in [2.45, 2.75) is 6.54 Å². The zero-order chi connectivity index (χ0) is 19.5. The topological polar surface area (TPSA) is 62.5 Å². The van der Waals surface area contributed by atoms with Gasteiger partial charge in [0.05, 0.1) is 17.1 Å². The minimum atomic E-state index is -0.0342. The quantitative estimate of drug-likeness (QED) is 0.642. The minimum absolute atomic E-state index is 0.0342. The third-order valence-electron chi connectivity index (χ3n) is 4.69. The maximum Gasteiger partial charge on any atom is 0.255 e. The molecular weight excluding hydrogens is 399 g/mol. The maximum atomic E-state index is 12.6. The maximum absolute atomic E-state index is 12.6. The number of carbonyl (C=O) groups excluding carboxylic acids is 1. The monoisotopic (exact) mass is 416 g/mol. The predicted octanol–water partition coefficient (Wildman–Crippen LogP) is 4.00. The molecule has 0 N–H and O–H groups in total. The SMILES string of the molecule is O=C(c1ccccc1Cl)N1CCN(Cc2nc(-c3ccc(Cl)cc3)no2)CC1. The standard InChI is InChI=1S/C20H18Cl2N4O2/c21-15-7-5-14(6-8-15)19-23-18(28-24-19)13-25-9-11-26(12-10-25)20(27)16-3-1-2-4-17(16)22/h1-8H,9-13H2. The second-order valence-electron chi connectivity index (χ2n) is 6.57. The molecule has 0 bridgehead atoms. The van der Waals surface area contributed by atoms with Gasteiger partial charge in [-0.15, -0.1) is 0 Å². The van der Waals surface area contributed by atoms with Crippen molar-refractivity contribution >= 4 is 29.1 Å². The van der Waals surface area contributed by atoms with E-state index in [2.05, 4.69) is 15.0 Å². The molecule has 3 aromatic rings. The van der Waals surface area contributed by atoms with Gasteiger partial charge in [-0.05, 0) is 36.4 Å². The molecule has 1 fully saturated rings. The van der Waals surface area contributed by atoms with Crippen LogP contribution < -0.4 is 0 Å². The van der Waals surface area contributed by atoms with E-state index in [4.69, 9.17) is 27.7 Å². The van der Waals surface area contributed by atoms with Gasteiger partial charge < -0.3 is 9.42 Å². The minimum Gasteiger partial charge on any atom is -0.338 e. The molecule has 0 atom stereocenters. The molecule has 6 nitrogen and oxygen atoms in total. The molecule has 2 aromatic carbocycles. The van der Waals surface area contributed by atoms with E-state index in [1.54, 1.807) is 24.3 Å². The van der Waals surface area contributed by atoms with Gasteiger partial charge >= 0.3 is 0 Å². The Bertz CT molecular complexity index is 966. The third-order valence-corrected chi connectivity index (χ3v) is 5.27. The first-order valence-corrected chi connectivity index (χ1v) is 9.70. The number of benzene rings is 2. The van der Waals surface area contributed by atoms with E-state index in [0.29, 0.717) is 47.0 Å². The zero-order valence-corrected chi connectivity index (χ0v) is 16.5. The number of carbonyl (C=O) groups is 1. The summed E-state index contributed by atoms with van der Waals surface area (Å²) in [6.45, 7) is 3.27. The molecule has 0 spiro atoms. The Labute approximate surface area is 172 Å². The molecule has 1 aliphatic rings. The van der Waals surface area contributed by atoms with Crippen LogP contribution in [0.5, 0.6) is 0 Å². The molecule has 144 valence electrons. The number of amides is 1. The Kier molecular flexibility index (Phi) is 5.62. The summed E-state index contributed by atoms with van der Waals surface area (Å²) in [5, 5.41) is 5.18. The van der Waals surface area contributed by atoms with Crippen LogP contribution in [0.3, 0.4) is 0 Å². The van der Waals surface area contributed by atoms with Crippen LogP contribution >= 0.6 is 23.2 Å². The van der Waals surface area contributed by atoms with E-state index in [1.165, 1.54) is 0 Å². The first-order valence-electron chi connectivity index (χ1n) is 8.95. The van der Waals surface area contributed by atoms with Gasteiger partial charge in [0.25, 0.3) is 5.91 Å². The highest BCUT2D eigenvalue weighted by Gasteiger charge is 2.24. The van der Waals surface area contributed by atoms with Crippen molar-refractivity contribution in [3.63, 3.8) is 0 Å². The van der Waals surface area contributed by atoms with Crippen molar-refractivity contribution in [1.29, 1.82) is 0 Å². The van der Waals surface area contributed by atoms with Gasteiger partial charge in [0, 0.05) is 36.8 Å². The Morgan fingerprint density at radius 3 is 2.43 bits per heavy atom. The molecule has 0 unspecified atom stereocenters. The van der Waals surface area contributed by atoms with E-state index in [0.717, 1.165) is 18.7 Å². The van der Waals surface area contributed by atoms with E-state index in [1.807, 2.05) is 29.2 Å². The summed E-state index contributed by atoms with van der Waals surface area (Å²) in [7, 11) is 0. The van der Waals surface area contributed by atoms with Crippen LogP contribution in [0, 0.1) is 0 Å². The van der Waals surface area contributed by atoms with Crippen molar-refractivity contribution in [2.24, 2.45) is 0 Å². The number of halogens is 2. The van der Waals surface area contributed by atoms with Crippen LogP contribution in [-0.4, -0.2) is 52.0 Å². The average Bonchev–Trinajstić information content (AvgIpc) is 3.17. The highest BCUT2D eigenvalue weighted by Crippen LogP contribution is 2.20. The molecule has 0 aliphatic carbocycles. The van der Waals surface area contributed by atoms with Gasteiger partial charge in [-0.25, -0.2) is 0 Å². The lowest BCUT2D eigenvalue weighted by Crippen LogP contribution is -2.48. The van der Waals surface area contributed by atoms with Crippen LogP contribution in [-0.2, 0) is 6.54 Å². The first kappa shape index (κ1) is 18.9. The number of aromatic nitrogens is 2. The molecule has 1 aliphatic heterocycles. The van der Waals surface area contributed by atoms with Crippen LogP contribution in [0.2, 0.25) is 10.0 Å². The highest BCUT2D eigenvalue weighted by molar-refractivity contribution is 6.33. The molecule has 28 heavy (non-hydrogen) atoms. The smallest absolute Gasteiger partial charge is 0.255 e. The number of hydrogen-bond donors (Lipinski definition) is 0. The van der Waals surface area contributed by atoms with Crippen LogP contribution in [0.1, 0.15) is 16.2 Å². The van der Waals surface area contributed by atoms with Gasteiger partial charge in [0.15, 0.2) is 0 Å². The molecule has 0 radical (unpaired) electrons. The van der Waals surface area contributed by atoms with E-state index >= 15 is 0 Å². The van der Waals surface area contributed by atoms with Gasteiger partial charge in [0.1, 0.15) is 0 Å². The molecule has 1 aromatic heterocycles. The van der Waals surface area contributed by atoms with E-state index < -0.39 is 0 Å². The van der Waals surface area contributed by atoms with Gasteiger partial charge in [-0.1, -0.05) is 40.5 Å². The van der Waals surface area contributed by atoms with Gasteiger partial charge in [-0.3, -0.25) is 9.69 Å². The van der Waals surface area contributed by atoms with Crippen molar-refractivity contribution < 1.29 is 9.32 Å². The summed E-state index contributed by atoms with van der Waals surface area (Å²) in [4.78, 5) is 21.1. The van der Waals surface area contributed by atoms with Crippen LogP contribution in [0.15, 0.2) is 53.1 Å². The summed E-state index contributed by atoms with van der Waals surface area (Å²) in [5.41, 5.74) is 1.40. The van der Waals surface area contributed by atoms with E-state index in [9.17, 15) is 4.79 Å². The summed E-state index contributed by atoms with van der Waals surface area (Å²) < 4.78 is 5.38. The fraction of sp³-hybridized carbons (Fsp3) is 0.250. The Morgan fingerprint density at radius 2 is 1.71 bits per heavy atom. The molecule has 1 amide bonds. The molecule has 8 heteroatoms. The second-order valence-corrected chi connectivity index (χ2v) is 7.41. The van der Waals surface area contributed by atoms with Gasteiger partial charge in [-0.2, -0.15) is 4.98 Å². The summed E-state index contributed by atoms with van der Waals surface area (Å²) in [5.74, 6) is 1.06. The van der Waals surface area contributed by atoms with Crippen molar-refractivity contribution in [3.05, 3.63) is 70.0 Å². The van der Waals surface area contributed by atoms with Crippen LogP contribution in [0.25, 0.3) is 11.4 Å². The fourth-order valence-corrected chi connectivity index (χ4v) is 3.48.